The van der Waals surface area contributed by atoms with Crippen LogP contribution in [0.1, 0.15) is 43.0 Å². The third kappa shape index (κ3) is 7.52. The van der Waals surface area contributed by atoms with E-state index in [4.69, 9.17) is 0 Å². The Labute approximate surface area is 261 Å². The molecule has 3 amide bonds. The molecule has 1 saturated heterocycles. The fraction of sp³-hybridized carbons (Fsp3) is 0.258. The number of benzene rings is 3. The summed E-state index contributed by atoms with van der Waals surface area (Å²) in [6.07, 6.45) is -1.91. The number of amidine groups is 1. The maximum Gasteiger partial charge on any atom is 0.573 e. The first-order chi connectivity index (χ1) is 21.6. The number of nitrogens with zero attached hydrogens (tertiary/aromatic N) is 5. The summed E-state index contributed by atoms with van der Waals surface area (Å²) in [4.78, 5) is 35.6. The number of halogens is 3. The molecule has 45 heavy (non-hydrogen) atoms. The lowest BCUT2D eigenvalue weighted by Gasteiger charge is -2.22. The Kier molecular flexibility index (Phi) is 9.54. The van der Waals surface area contributed by atoms with E-state index < -0.39 is 12.4 Å². The largest absolute Gasteiger partial charge is 0.573 e. The standard InChI is InChI=1S/C31H30F3N7O3S/c1-4-20-8-6-7-19(3)27(20)41-26(42)17-45-30(41)36-29(43)38-37-25(5-2)21-9-11-22(12-10-21)28-35-18-40(39-28)23-13-15-24(16-14-23)44-31(32,33)34/h6-16,18,25,37H,4-5,17H2,1-3H3,(H,38,43)/b36-30-. The van der Waals surface area contributed by atoms with Gasteiger partial charge in [-0.25, -0.2) is 19.9 Å². The quantitative estimate of drug-likeness (QED) is 0.201. The second-order valence-corrected chi connectivity index (χ2v) is 11.0. The molecule has 0 spiro atoms. The number of amides is 3. The van der Waals surface area contributed by atoms with Crippen LogP contribution in [0.4, 0.5) is 23.7 Å². The molecule has 3 aromatic carbocycles. The summed E-state index contributed by atoms with van der Waals surface area (Å²) in [6.45, 7) is 5.92. The van der Waals surface area contributed by atoms with E-state index in [1.807, 2.05) is 63.2 Å². The van der Waals surface area contributed by atoms with Crippen LogP contribution in [0.3, 0.4) is 0 Å². The highest BCUT2D eigenvalue weighted by Crippen LogP contribution is 2.33. The van der Waals surface area contributed by atoms with Gasteiger partial charge in [-0.2, -0.15) is 4.99 Å². The van der Waals surface area contributed by atoms with Gasteiger partial charge in [0.15, 0.2) is 11.0 Å². The van der Waals surface area contributed by atoms with Crippen molar-refractivity contribution in [1.82, 2.24) is 25.6 Å². The first-order valence-corrected chi connectivity index (χ1v) is 15.1. The van der Waals surface area contributed by atoms with E-state index in [0.29, 0.717) is 23.1 Å². The molecule has 1 aliphatic heterocycles. The molecule has 0 aliphatic carbocycles. The second-order valence-electron chi connectivity index (χ2n) is 10.1. The molecule has 1 atom stereocenters. The zero-order valence-electron chi connectivity index (χ0n) is 24.6. The van der Waals surface area contributed by atoms with Gasteiger partial charge in [-0.3, -0.25) is 15.1 Å². The molecule has 1 aromatic heterocycles. The lowest BCUT2D eigenvalue weighted by molar-refractivity contribution is -0.274. The predicted octanol–water partition coefficient (Wildman–Crippen LogP) is 6.51. The number of alkyl halides is 3. The molecule has 4 aromatic rings. The summed E-state index contributed by atoms with van der Waals surface area (Å²) < 4.78 is 42.7. The maximum absolute atomic E-state index is 12.8. The van der Waals surface area contributed by atoms with Crippen molar-refractivity contribution < 1.29 is 27.5 Å². The lowest BCUT2D eigenvalue weighted by atomic mass is 10.0. The summed E-state index contributed by atoms with van der Waals surface area (Å²) in [7, 11) is 0. The number of carbonyl (C=O) groups is 2. The van der Waals surface area contributed by atoms with E-state index in [-0.39, 0.29) is 23.5 Å². The molecule has 10 nitrogen and oxygen atoms in total. The molecule has 234 valence electrons. The molecular formula is C31H30F3N7O3S. The van der Waals surface area contributed by atoms with Crippen LogP contribution in [0.2, 0.25) is 0 Å². The van der Waals surface area contributed by atoms with Crippen molar-refractivity contribution in [3.63, 3.8) is 0 Å². The number of hydrogen-bond acceptors (Lipinski definition) is 7. The number of urea groups is 1. The summed E-state index contributed by atoms with van der Waals surface area (Å²) in [6, 6.07) is 17.8. The third-order valence-corrected chi connectivity index (χ3v) is 7.97. The van der Waals surface area contributed by atoms with Gasteiger partial charge in [0.05, 0.1) is 23.2 Å². The fourth-order valence-corrected chi connectivity index (χ4v) is 5.71. The van der Waals surface area contributed by atoms with Gasteiger partial charge in [-0.05, 0) is 60.7 Å². The van der Waals surface area contributed by atoms with E-state index >= 15 is 0 Å². The third-order valence-electron chi connectivity index (χ3n) is 7.05. The van der Waals surface area contributed by atoms with Crippen LogP contribution in [0.5, 0.6) is 5.75 Å². The zero-order chi connectivity index (χ0) is 32.1. The van der Waals surface area contributed by atoms with Crippen molar-refractivity contribution >= 4 is 34.6 Å². The first-order valence-electron chi connectivity index (χ1n) is 14.1. The smallest absolute Gasteiger partial charge is 0.406 e. The molecule has 1 fully saturated rings. The van der Waals surface area contributed by atoms with Crippen molar-refractivity contribution in [2.45, 2.75) is 46.0 Å². The Hall–Kier alpha value is -4.69. The van der Waals surface area contributed by atoms with Gasteiger partial charge in [-0.15, -0.1) is 18.3 Å². The van der Waals surface area contributed by atoms with E-state index in [2.05, 4.69) is 30.7 Å². The molecule has 0 radical (unpaired) electrons. The van der Waals surface area contributed by atoms with E-state index in [0.717, 1.165) is 34.4 Å². The number of nitrogens with one attached hydrogen (secondary N) is 2. The number of aliphatic imine (C=N–C) groups is 1. The van der Waals surface area contributed by atoms with Crippen LogP contribution in [0.25, 0.3) is 17.1 Å². The van der Waals surface area contributed by atoms with Gasteiger partial charge in [0.25, 0.3) is 0 Å². The fourth-order valence-electron chi connectivity index (χ4n) is 4.86. The molecule has 0 saturated carbocycles. The van der Waals surface area contributed by atoms with E-state index in [1.54, 1.807) is 0 Å². The van der Waals surface area contributed by atoms with Crippen LogP contribution in [-0.2, 0) is 11.2 Å². The van der Waals surface area contributed by atoms with Crippen molar-refractivity contribution in [2.75, 3.05) is 10.7 Å². The SMILES string of the molecule is CCc1cccc(C)c1N1C(=O)CS/C1=N\C(=O)NNC(CC)c1ccc(-c2ncn(-c3ccc(OC(F)(F)F)cc3)n2)cc1. The van der Waals surface area contributed by atoms with Crippen LogP contribution in [0.15, 0.2) is 78.0 Å². The highest BCUT2D eigenvalue weighted by molar-refractivity contribution is 8.15. The van der Waals surface area contributed by atoms with Gasteiger partial charge >= 0.3 is 12.4 Å². The second kappa shape index (κ2) is 13.5. The van der Waals surface area contributed by atoms with Crippen molar-refractivity contribution in [2.24, 2.45) is 4.99 Å². The summed E-state index contributed by atoms with van der Waals surface area (Å²) in [5.74, 6) is 0.183. The topological polar surface area (TPSA) is 114 Å². The van der Waals surface area contributed by atoms with E-state index in [9.17, 15) is 22.8 Å². The Bertz CT molecular complexity index is 1710. The number of hydrazine groups is 1. The number of hydrogen-bond donors (Lipinski definition) is 2. The molecule has 1 aliphatic rings. The van der Waals surface area contributed by atoms with Gasteiger partial charge in [0.1, 0.15) is 12.1 Å². The molecule has 0 bridgehead atoms. The molecule has 5 rings (SSSR count). The number of anilines is 1. The minimum absolute atomic E-state index is 0.122. The van der Waals surface area contributed by atoms with Gasteiger partial charge in [0.2, 0.25) is 5.91 Å². The number of para-hydroxylation sites is 1. The highest BCUT2D eigenvalue weighted by Gasteiger charge is 2.33. The number of ether oxygens (including phenoxy) is 1. The molecule has 2 N–H and O–H groups in total. The molecular weight excluding hydrogens is 607 g/mol. The van der Waals surface area contributed by atoms with Gasteiger partial charge < -0.3 is 4.74 Å². The lowest BCUT2D eigenvalue weighted by Crippen LogP contribution is -2.39. The number of aryl methyl sites for hydroxylation is 2. The number of aromatic nitrogens is 3. The van der Waals surface area contributed by atoms with Crippen molar-refractivity contribution in [3.8, 4) is 22.8 Å². The Morgan fingerprint density at radius 3 is 2.49 bits per heavy atom. The monoisotopic (exact) mass is 637 g/mol. The average molecular weight is 638 g/mol. The average Bonchev–Trinajstić information content (AvgIpc) is 3.64. The Balaban J connectivity index is 1.23. The van der Waals surface area contributed by atoms with Crippen molar-refractivity contribution in [3.05, 3.63) is 89.7 Å². The molecule has 2 heterocycles. The Morgan fingerprint density at radius 1 is 1.09 bits per heavy atom. The van der Waals surface area contributed by atoms with Crippen LogP contribution in [-0.4, -0.2) is 44.0 Å². The number of thioether (sulfide) groups is 1. The molecule has 14 heteroatoms. The zero-order valence-corrected chi connectivity index (χ0v) is 25.4. The minimum atomic E-state index is -4.76. The normalized spacial score (nSPS) is 15.0. The van der Waals surface area contributed by atoms with Crippen LogP contribution in [0, 0.1) is 6.92 Å². The first kappa shape index (κ1) is 31.7. The van der Waals surface area contributed by atoms with Crippen LogP contribution < -0.4 is 20.5 Å². The van der Waals surface area contributed by atoms with Crippen LogP contribution >= 0.6 is 11.8 Å². The summed E-state index contributed by atoms with van der Waals surface area (Å²) in [5.41, 5.74) is 10.5. The highest BCUT2D eigenvalue weighted by atomic mass is 32.2. The summed E-state index contributed by atoms with van der Waals surface area (Å²) in [5, 5.41) is 4.76. The summed E-state index contributed by atoms with van der Waals surface area (Å²) >= 11 is 1.23. The van der Waals surface area contributed by atoms with Gasteiger partial charge in [-0.1, -0.05) is 68.1 Å². The number of carbonyl (C=O) groups excluding carboxylic acids is 2. The minimum Gasteiger partial charge on any atom is -0.406 e. The van der Waals surface area contributed by atoms with E-state index in [1.165, 1.54) is 51.9 Å². The maximum atomic E-state index is 12.8. The predicted molar refractivity (Wildman–Crippen MR) is 166 cm³/mol. The number of rotatable bonds is 9. The molecule has 1 unspecified atom stereocenters. The Morgan fingerprint density at radius 2 is 1.82 bits per heavy atom. The van der Waals surface area contributed by atoms with Gasteiger partial charge in [0, 0.05) is 5.56 Å². The van der Waals surface area contributed by atoms with Crippen molar-refractivity contribution in [1.29, 1.82) is 0 Å².